The first-order valence-electron chi connectivity index (χ1n) is 8.31. The minimum Gasteiger partial charge on any atom is -0.366 e. The fraction of sp³-hybridized carbons (Fsp3) is 0.412. The van der Waals surface area contributed by atoms with Crippen molar-refractivity contribution in [1.82, 2.24) is 9.97 Å². The smallest absolute Gasteiger partial charge is 0.274 e. The Morgan fingerprint density at radius 3 is 2.67 bits per heavy atom. The maximum atomic E-state index is 11.1. The van der Waals surface area contributed by atoms with Crippen molar-refractivity contribution in [3.8, 4) is 0 Å². The topological polar surface area (TPSA) is 93.0 Å². The van der Waals surface area contributed by atoms with Crippen LogP contribution in [0.3, 0.4) is 0 Å². The van der Waals surface area contributed by atoms with Crippen LogP contribution in [0.1, 0.15) is 42.9 Å². The SMILES string of the molecule is O=[N+]([O-])c1ccccc1CNc1cc(C2CC2)nc(NC2CC2)n1. The summed E-state index contributed by atoms with van der Waals surface area (Å²) in [4.78, 5) is 19.9. The van der Waals surface area contributed by atoms with Gasteiger partial charge in [0.1, 0.15) is 5.82 Å². The fourth-order valence-electron chi connectivity index (χ4n) is 2.64. The molecular formula is C17H19N5O2. The fourth-order valence-corrected chi connectivity index (χ4v) is 2.64. The molecule has 2 aromatic rings. The van der Waals surface area contributed by atoms with E-state index in [1.807, 2.05) is 6.07 Å². The van der Waals surface area contributed by atoms with Gasteiger partial charge in [-0.1, -0.05) is 18.2 Å². The first kappa shape index (κ1) is 14.9. The average molecular weight is 325 g/mol. The van der Waals surface area contributed by atoms with E-state index in [0.29, 0.717) is 35.8 Å². The van der Waals surface area contributed by atoms with E-state index >= 15 is 0 Å². The average Bonchev–Trinajstić information content (AvgIpc) is 3.46. The van der Waals surface area contributed by atoms with Gasteiger partial charge in [0.2, 0.25) is 5.95 Å². The van der Waals surface area contributed by atoms with Gasteiger partial charge in [0.15, 0.2) is 0 Å². The summed E-state index contributed by atoms with van der Waals surface area (Å²) in [6, 6.07) is 9.21. The van der Waals surface area contributed by atoms with Gasteiger partial charge in [-0.15, -0.1) is 0 Å². The number of aromatic nitrogens is 2. The van der Waals surface area contributed by atoms with Crippen LogP contribution in [0.15, 0.2) is 30.3 Å². The molecule has 0 aliphatic heterocycles. The van der Waals surface area contributed by atoms with Crippen LogP contribution in [-0.4, -0.2) is 20.9 Å². The number of anilines is 2. The molecule has 1 aromatic carbocycles. The quantitative estimate of drug-likeness (QED) is 0.598. The standard InChI is InChI=1S/C17H19N5O2/c23-22(24)15-4-2-1-3-12(15)10-18-16-9-14(11-5-6-11)20-17(21-16)19-13-7-8-13/h1-4,9,11,13H,5-8,10H2,(H2,18,19,20,21). The summed E-state index contributed by atoms with van der Waals surface area (Å²) < 4.78 is 0. The van der Waals surface area contributed by atoms with Crippen molar-refractivity contribution in [3.05, 3.63) is 51.7 Å². The van der Waals surface area contributed by atoms with E-state index in [1.54, 1.807) is 18.2 Å². The Morgan fingerprint density at radius 2 is 1.96 bits per heavy atom. The van der Waals surface area contributed by atoms with Crippen LogP contribution < -0.4 is 10.6 Å². The number of para-hydroxylation sites is 1. The zero-order chi connectivity index (χ0) is 16.5. The number of hydrogen-bond donors (Lipinski definition) is 2. The third kappa shape index (κ3) is 3.45. The molecule has 1 aromatic heterocycles. The van der Waals surface area contributed by atoms with Crippen molar-refractivity contribution in [2.24, 2.45) is 0 Å². The molecule has 2 aliphatic rings. The van der Waals surface area contributed by atoms with E-state index in [2.05, 4.69) is 20.6 Å². The van der Waals surface area contributed by atoms with Crippen molar-refractivity contribution >= 4 is 17.5 Å². The zero-order valence-electron chi connectivity index (χ0n) is 13.2. The molecule has 1 heterocycles. The molecule has 0 amide bonds. The van der Waals surface area contributed by atoms with Gasteiger partial charge in [0, 0.05) is 36.2 Å². The number of nitro benzene ring substituents is 1. The minimum absolute atomic E-state index is 0.123. The lowest BCUT2D eigenvalue weighted by Gasteiger charge is -2.11. The van der Waals surface area contributed by atoms with Crippen molar-refractivity contribution in [3.63, 3.8) is 0 Å². The summed E-state index contributed by atoms with van der Waals surface area (Å²) in [6.45, 7) is 0.362. The Morgan fingerprint density at radius 1 is 1.17 bits per heavy atom. The number of nitro groups is 1. The second-order valence-electron chi connectivity index (χ2n) is 6.43. The third-order valence-corrected chi connectivity index (χ3v) is 4.30. The lowest BCUT2D eigenvalue weighted by molar-refractivity contribution is -0.385. The first-order chi connectivity index (χ1) is 11.7. The number of nitrogens with one attached hydrogen (secondary N) is 2. The molecule has 2 fully saturated rings. The lowest BCUT2D eigenvalue weighted by atomic mass is 10.2. The van der Waals surface area contributed by atoms with Gasteiger partial charge in [-0.3, -0.25) is 10.1 Å². The van der Waals surface area contributed by atoms with Gasteiger partial charge in [-0.25, -0.2) is 4.98 Å². The maximum absolute atomic E-state index is 11.1. The van der Waals surface area contributed by atoms with Crippen molar-refractivity contribution in [2.45, 2.75) is 44.2 Å². The summed E-state index contributed by atoms with van der Waals surface area (Å²) in [6.07, 6.45) is 4.67. The van der Waals surface area contributed by atoms with E-state index in [1.165, 1.54) is 18.9 Å². The molecule has 2 aliphatic carbocycles. The van der Waals surface area contributed by atoms with Crippen LogP contribution in [0.25, 0.3) is 0 Å². The summed E-state index contributed by atoms with van der Waals surface area (Å²) >= 11 is 0. The monoisotopic (exact) mass is 325 g/mol. The summed E-state index contributed by atoms with van der Waals surface area (Å²) in [5.41, 5.74) is 1.82. The molecule has 0 unspecified atom stereocenters. The first-order valence-corrected chi connectivity index (χ1v) is 8.31. The maximum Gasteiger partial charge on any atom is 0.274 e. The zero-order valence-corrected chi connectivity index (χ0v) is 13.2. The Labute approximate surface area is 139 Å². The van der Waals surface area contributed by atoms with Gasteiger partial charge in [-0.2, -0.15) is 4.98 Å². The highest BCUT2D eigenvalue weighted by molar-refractivity contribution is 5.47. The van der Waals surface area contributed by atoms with Crippen LogP contribution in [0.2, 0.25) is 0 Å². The van der Waals surface area contributed by atoms with E-state index in [0.717, 1.165) is 18.5 Å². The summed E-state index contributed by atoms with van der Waals surface area (Å²) in [5.74, 6) is 1.90. The van der Waals surface area contributed by atoms with E-state index < -0.39 is 0 Å². The van der Waals surface area contributed by atoms with Crippen molar-refractivity contribution < 1.29 is 4.92 Å². The highest BCUT2D eigenvalue weighted by atomic mass is 16.6. The molecule has 0 saturated heterocycles. The third-order valence-electron chi connectivity index (χ3n) is 4.30. The van der Waals surface area contributed by atoms with Crippen molar-refractivity contribution in [1.29, 1.82) is 0 Å². The molecule has 124 valence electrons. The molecule has 4 rings (SSSR count). The Hall–Kier alpha value is -2.70. The van der Waals surface area contributed by atoms with Gasteiger partial charge in [0.25, 0.3) is 5.69 Å². The molecule has 7 heteroatoms. The molecule has 7 nitrogen and oxygen atoms in total. The number of rotatable bonds is 7. The van der Waals surface area contributed by atoms with Crippen LogP contribution >= 0.6 is 0 Å². The van der Waals surface area contributed by atoms with Crippen molar-refractivity contribution in [2.75, 3.05) is 10.6 Å². The number of hydrogen-bond acceptors (Lipinski definition) is 6. The molecule has 24 heavy (non-hydrogen) atoms. The Balaban J connectivity index is 1.53. The highest BCUT2D eigenvalue weighted by Gasteiger charge is 2.28. The molecule has 0 atom stereocenters. The molecular weight excluding hydrogens is 306 g/mol. The second-order valence-corrected chi connectivity index (χ2v) is 6.43. The number of nitrogens with zero attached hydrogens (tertiary/aromatic N) is 3. The molecule has 0 spiro atoms. The van der Waals surface area contributed by atoms with E-state index in [4.69, 9.17) is 0 Å². The Bertz CT molecular complexity index is 771. The lowest BCUT2D eigenvalue weighted by Crippen LogP contribution is -2.10. The van der Waals surface area contributed by atoms with Crippen LogP contribution in [0, 0.1) is 10.1 Å². The van der Waals surface area contributed by atoms with Gasteiger partial charge >= 0.3 is 0 Å². The summed E-state index contributed by atoms with van der Waals surface area (Å²) in [7, 11) is 0. The van der Waals surface area contributed by atoms with Gasteiger partial charge < -0.3 is 10.6 Å². The van der Waals surface area contributed by atoms with Crippen LogP contribution in [-0.2, 0) is 6.54 Å². The number of benzene rings is 1. The Kier molecular flexibility index (Phi) is 3.76. The highest BCUT2D eigenvalue weighted by Crippen LogP contribution is 2.40. The van der Waals surface area contributed by atoms with Gasteiger partial charge in [0.05, 0.1) is 10.6 Å². The van der Waals surface area contributed by atoms with Crippen LogP contribution in [0.5, 0.6) is 0 Å². The minimum atomic E-state index is -0.354. The largest absolute Gasteiger partial charge is 0.366 e. The predicted molar refractivity (Wildman–Crippen MR) is 91.1 cm³/mol. The molecule has 2 saturated carbocycles. The van der Waals surface area contributed by atoms with E-state index in [-0.39, 0.29) is 10.6 Å². The molecule has 2 N–H and O–H groups in total. The predicted octanol–water partition coefficient (Wildman–Crippen LogP) is 3.45. The molecule has 0 bridgehead atoms. The second kappa shape index (κ2) is 6.07. The van der Waals surface area contributed by atoms with Gasteiger partial charge in [-0.05, 0) is 25.7 Å². The van der Waals surface area contributed by atoms with E-state index in [9.17, 15) is 10.1 Å². The molecule has 0 radical (unpaired) electrons. The summed E-state index contributed by atoms with van der Waals surface area (Å²) in [5, 5.41) is 17.7. The normalized spacial score (nSPS) is 16.7. The van der Waals surface area contributed by atoms with Crippen LogP contribution in [0.4, 0.5) is 17.5 Å².